The molecular weight excluding hydrogens is 212 g/mol. The fraction of sp³-hybridized carbons (Fsp3) is 0. The van der Waals surface area contributed by atoms with E-state index in [1.54, 1.807) is 0 Å². The van der Waals surface area contributed by atoms with Crippen LogP contribution in [0.2, 0.25) is 0 Å². The minimum Gasteiger partial charge on any atom is -0.379 e. The number of aromatic nitrogens is 3. The second-order valence-corrected chi connectivity index (χ2v) is 2.73. The number of hydrogen-bond acceptors (Lipinski definition) is 5. The van der Waals surface area contributed by atoms with Crippen LogP contribution in [-0.4, -0.2) is 15.1 Å². The highest BCUT2D eigenvalue weighted by atomic mass is 79.9. The van der Waals surface area contributed by atoms with Crippen molar-refractivity contribution >= 4 is 33.0 Å². The Bertz CT molecular complexity index is 398. The number of anilines is 1. The summed E-state index contributed by atoms with van der Waals surface area (Å²) in [6.45, 7) is 0. The van der Waals surface area contributed by atoms with Gasteiger partial charge in [0.1, 0.15) is 4.60 Å². The number of halogens is 1. The monoisotopic (exact) mass is 214 g/mol. The van der Waals surface area contributed by atoms with Crippen LogP contribution < -0.4 is 5.73 Å². The van der Waals surface area contributed by atoms with E-state index in [1.807, 2.05) is 0 Å². The van der Waals surface area contributed by atoms with E-state index in [2.05, 4.69) is 31.1 Å². The summed E-state index contributed by atoms with van der Waals surface area (Å²) in [5, 5.41) is 3.49. The summed E-state index contributed by atoms with van der Waals surface area (Å²) in [6, 6.07) is 0. The largest absolute Gasteiger partial charge is 0.379 e. The number of nitrogen functional groups attached to an aromatic ring is 1. The molecule has 11 heavy (non-hydrogen) atoms. The number of nitrogens with zero attached hydrogens (tertiary/aromatic N) is 3. The Labute approximate surface area is 69.7 Å². The second-order valence-electron chi connectivity index (χ2n) is 1.91. The Balaban J connectivity index is 2.87. The summed E-state index contributed by atoms with van der Waals surface area (Å²) in [5.74, 6) is 0.258. The highest BCUT2D eigenvalue weighted by molar-refractivity contribution is 9.10. The Morgan fingerprint density at radius 2 is 2.36 bits per heavy atom. The van der Waals surface area contributed by atoms with Gasteiger partial charge >= 0.3 is 0 Å². The van der Waals surface area contributed by atoms with Gasteiger partial charge in [0.2, 0.25) is 0 Å². The van der Waals surface area contributed by atoms with E-state index in [4.69, 9.17) is 10.3 Å². The summed E-state index contributed by atoms with van der Waals surface area (Å²) in [5.41, 5.74) is 6.25. The van der Waals surface area contributed by atoms with Gasteiger partial charge in [-0.05, 0) is 15.9 Å². The van der Waals surface area contributed by atoms with E-state index >= 15 is 0 Å². The molecule has 0 saturated heterocycles. The van der Waals surface area contributed by atoms with Gasteiger partial charge in [-0.2, -0.15) is 0 Å². The molecule has 0 unspecified atom stereocenters. The van der Waals surface area contributed by atoms with E-state index in [1.165, 1.54) is 6.20 Å². The van der Waals surface area contributed by atoms with Crippen LogP contribution in [0.4, 0.5) is 5.82 Å². The van der Waals surface area contributed by atoms with E-state index in [0.29, 0.717) is 15.8 Å². The molecule has 56 valence electrons. The number of hydrogen-bond donors (Lipinski definition) is 1. The number of rotatable bonds is 0. The molecule has 2 aromatic rings. The quantitative estimate of drug-likeness (QED) is 0.708. The predicted octanol–water partition coefficient (Wildman–Crippen LogP) is 0.962. The molecule has 0 fully saturated rings. The maximum atomic E-state index is 5.42. The zero-order valence-electron chi connectivity index (χ0n) is 5.28. The normalized spacial score (nSPS) is 10.6. The molecule has 0 spiro atoms. The average Bonchev–Trinajstić information content (AvgIpc) is 2.33. The van der Waals surface area contributed by atoms with Gasteiger partial charge in [0, 0.05) is 0 Å². The van der Waals surface area contributed by atoms with Crippen molar-refractivity contribution in [2.24, 2.45) is 0 Å². The molecular formula is C5H3BrN4O. The first-order chi connectivity index (χ1) is 5.27. The third-order valence-corrected chi connectivity index (χ3v) is 1.56. The summed E-state index contributed by atoms with van der Waals surface area (Å²) in [6.07, 6.45) is 1.52. The van der Waals surface area contributed by atoms with Crippen molar-refractivity contribution in [2.45, 2.75) is 0 Å². The summed E-state index contributed by atoms with van der Waals surface area (Å²) in [7, 11) is 0. The molecule has 0 radical (unpaired) electrons. The molecule has 0 aromatic carbocycles. The third-order valence-electron chi connectivity index (χ3n) is 1.18. The van der Waals surface area contributed by atoms with Gasteiger partial charge in [-0.15, -0.1) is 0 Å². The molecule has 0 amide bonds. The van der Waals surface area contributed by atoms with Gasteiger partial charge in [-0.3, -0.25) is 0 Å². The fourth-order valence-electron chi connectivity index (χ4n) is 0.726. The topological polar surface area (TPSA) is 77.8 Å². The fourth-order valence-corrected chi connectivity index (χ4v) is 1.01. The first-order valence-electron chi connectivity index (χ1n) is 2.81. The Hall–Kier alpha value is -1.17. The smallest absolute Gasteiger partial charge is 0.278 e. The van der Waals surface area contributed by atoms with E-state index in [0.717, 1.165) is 0 Å². The predicted molar refractivity (Wildman–Crippen MR) is 41.7 cm³/mol. The number of nitrogens with two attached hydrogens (primary N) is 1. The van der Waals surface area contributed by atoms with Crippen LogP contribution in [0.5, 0.6) is 0 Å². The van der Waals surface area contributed by atoms with Crippen molar-refractivity contribution in [3.63, 3.8) is 0 Å². The molecule has 2 rings (SSSR count). The van der Waals surface area contributed by atoms with Gasteiger partial charge in [-0.25, -0.2) is 9.97 Å². The van der Waals surface area contributed by atoms with E-state index in [-0.39, 0.29) is 5.82 Å². The van der Waals surface area contributed by atoms with Crippen LogP contribution in [0.1, 0.15) is 0 Å². The van der Waals surface area contributed by atoms with Crippen molar-refractivity contribution in [1.29, 1.82) is 0 Å². The summed E-state index contributed by atoms with van der Waals surface area (Å²) < 4.78 is 5.35. The van der Waals surface area contributed by atoms with Gasteiger partial charge in [0.25, 0.3) is 5.71 Å². The highest BCUT2D eigenvalue weighted by Gasteiger charge is 2.06. The maximum absolute atomic E-state index is 5.42. The van der Waals surface area contributed by atoms with Crippen LogP contribution >= 0.6 is 15.9 Å². The highest BCUT2D eigenvalue weighted by Crippen LogP contribution is 2.17. The Morgan fingerprint density at radius 3 is 3.18 bits per heavy atom. The zero-order chi connectivity index (χ0) is 7.84. The first kappa shape index (κ1) is 6.53. The first-order valence-corrected chi connectivity index (χ1v) is 3.60. The lowest BCUT2D eigenvalue weighted by Crippen LogP contribution is -1.86. The standard InChI is InChI=1S/C5H3BrN4O/c6-2-1-8-5-3(9-2)4(7)10-11-5/h1H,(H2,7,10). The molecule has 2 heterocycles. The molecule has 6 heteroatoms. The van der Waals surface area contributed by atoms with Crippen molar-refractivity contribution < 1.29 is 4.52 Å². The molecule has 0 bridgehead atoms. The van der Waals surface area contributed by atoms with Gasteiger partial charge in [-0.1, -0.05) is 5.16 Å². The SMILES string of the molecule is Nc1noc2ncc(Br)nc12. The summed E-state index contributed by atoms with van der Waals surface area (Å²) >= 11 is 3.15. The molecule has 2 aromatic heterocycles. The van der Waals surface area contributed by atoms with Gasteiger partial charge < -0.3 is 10.3 Å². The van der Waals surface area contributed by atoms with Crippen LogP contribution in [-0.2, 0) is 0 Å². The Kier molecular flexibility index (Phi) is 1.28. The molecule has 0 aliphatic carbocycles. The summed E-state index contributed by atoms with van der Waals surface area (Å²) in [4.78, 5) is 7.89. The van der Waals surface area contributed by atoms with Crippen LogP contribution in [0.15, 0.2) is 15.3 Å². The molecule has 0 atom stereocenters. The average molecular weight is 215 g/mol. The molecule has 0 saturated carbocycles. The molecule has 0 aliphatic rings. The maximum Gasteiger partial charge on any atom is 0.278 e. The Morgan fingerprint density at radius 1 is 1.55 bits per heavy atom. The van der Waals surface area contributed by atoms with Crippen molar-refractivity contribution in [1.82, 2.24) is 15.1 Å². The van der Waals surface area contributed by atoms with Crippen LogP contribution in [0.3, 0.4) is 0 Å². The van der Waals surface area contributed by atoms with Crippen LogP contribution in [0.25, 0.3) is 11.2 Å². The van der Waals surface area contributed by atoms with Crippen molar-refractivity contribution in [2.75, 3.05) is 5.73 Å². The van der Waals surface area contributed by atoms with Crippen molar-refractivity contribution in [3.8, 4) is 0 Å². The van der Waals surface area contributed by atoms with Gasteiger partial charge in [0.15, 0.2) is 11.3 Å². The third kappa shape index (κ3) is 0.949. The zero-order valence-corrected chi connectivity index (χ0v) is 6.87. The minimum absolute atomic E-state index is 0.258. The molecule has 5 nitrogen and oxygen atoms in total. The van der Waals surface area contributed by atoms with E-state index in [9.17, 15) is 0 Å². The van der Waals surface area contributed by atoms with E-state index < -0.39 is 0 Å². The van der Waals surface area contributed by atoms with Gasteiger partial charge in [0.05, 0.1) is 6.20 Å². The van der Waals surface area contributed by atoms with Crippen LogP contribution in [0, 0.1) is 0 Å². The molecule has 0 aliphatic heterocycles. The second kappa shape index (κ2) is 2.16. The minimum atomic E-state index is 0.258. The lowest BCUT2D eigenvalue weighted by molar-refractivity contribution is 0.452. The van der Waals surface area contributed by atoms with Crippen molar-refractivity contribution in [3.05, 3.63) is 10.8 Å². The number of fused-ring (bicyclic) bond motifs is 1. The lowest BCUT2D eigenvalue weighted by Gasteiger charge is -1.86. The lowest BCUT2D eigenvalue weighted by atomic mass is 10.5. The molecule has 2 N–H and O–H groups in total.